The number of amides is 2. The summed E-state index contributed by atoms with van der Waals surface area (Å²) in [7, 11) is 1.95. The summed E-state index contributed by atoms with van der Waals surface area (Å²) in [6, 6.07) is 13.9. The number of aryl methyl sites for hydroxylation is 1. The zero-order valence-corrected chi connectivity index (χ0v) is 20.9. The van der Waals surface area contributed by atoms with Crippen molar-refractivity contribution in [2.45, 2.75) is 38.5 Å². The molecule has 2 amide bonds. The van der Waals surface area contributed by atoms with Gasteiger partial charge in [0.15, 0.2) is 0 Å². The minimum absolute atomic E-state index is 0.0110. The zero-order valence-electron chi connectivity index (χ0n) is 20.9. The number of carbonyl (C=O) groups excluding carboxylic acids is 2. The van der Waals surface area contributed by atoms with Gasteiger partial charge < -0.3 is 19.1 Å². The van der Waals surface area contributed by atoms with Crippen LogP contribution in [0.3, 0.4) is 0 Å². The van der Waals surface area contributed by atoms with E-state index in [1.165, 1.54) is 12.1 Å². The molecule has 2 fully saturated rings. The number of piperidine rings is 2. The topological polar surface area (TPSA) is 54.8 Å². The van der Waals surface area contributed by atoms with E-state index in [1.54, 1.807) is 12.1 Å². The molecule has 0 radical (unpaired) electrons. The van der Waals surface area contributed by atoms with Crippen molar-refractivity contribution in [1.82, 2.24) is 14.4 Å². The third kappa shape index (κ3) is 5.11. The van der Waals surface area contributed by atoms with E-state index < -0.39 is 5.41 Å². The van der Waals surface area contributed by atoms with Gasteiger partial charge in [-0.25, -0.2) is 4.39 Å². The number of para-hydroxylation sites is 1. The lowest BCUT2D eigenvalue weighted by atomic mass is 9.77. The third-order valence-electron chi connectivity index (χ3n) is 7.67. The summed E-state index contributed by atoms with van der Waals surface area (Å²) in [5.74, 6) is 0.375. The van der Waals surface area contributed by atoms with Gasteiger partial charge >= 0.3 is 0 Å². The Labute approximate surface area is 211 Å². The van der Waals surface area contributed by atoms with E-state index in [0.29, 0.717) is 37.4 Å². The number of nitrogens with zero attached hydrogens (tertiary/aromatic N) is 3. The molecule has 2 saturated heterocycles. The maximum Gasteiger partial charge on any atom is 0.256 e. The van der Waals surface area contributed by atoms with E-state index in [1.807, 2.05) is 51.9 Å². The lowest BCUT2D eigenvalue weighted by molar-refractivity contribution is -0.136. The van der Waals surface area contributed by atoms with Crippen molar-refractivity contribution in [3.8, 4) is 5.75 Å². The number of ether oxygens (including phenoxy) is 1. The van der Waals surface area contributed by atoms with Gasteiger partial charge in [-0.1, -0.05) is 18.2 Å². The van der Waals surface area contributed by atoms with Crippen LogP contribution >= 0.6 is 0 Å². The number of benzene rings is 2. The number of likely N-dealkylation sites (tertiary alicyclic amines) is 2. The fourth-order valence-corrected chi connectivity index (χ4v) is 5.72. The molecule has 3 heterocycles. The Morgan fingerprint density at radius 3 is 2.44 bits per heavy atom. The van der Waals surface area contributed by atoms with Gasteiger partial charge in [-0.15, -0.1) is 0 Å². The van der Waals surface area contributed by atoms with Gasteiger partial charge in [0.1, 0.15) is 11.6 Å². The molecule has 0 aliphatic carbocycles. The molecule has 0 saturated carbocycles. The van der Waals surface area contributed by atoms with Crippen molar-refractivity contribution in [2.24, 2.45) is 12.5 Å². The first-order valence-electron chi connectivity index (χ1n) is 12.9. The molecule has 0 unspecified atom stereocenters. The van der Waals surface area contributed by atoms with Gasteiger partial charge in [-0.05, 0) is 62.4 Å². The number of carbonyl (C=O) groups is 2. The van der Waals surface area contributed by atoms with Crippen molar-refractivity contribution in [3.63, 3.8) is 0 Å². The molecule has 1 atom stereocenters. The summed E-state index contributed by atoms with van der Waals surface area (Å²) < 4.78 is 21.5. The Kier molecular flexibility index (Phi) is 6.99. The first kappa shape index (κ1) is 24.3. The highest BCUT2D eigenvalue weighted by molar-refractivity contribution is 6.07. The summed E-state index contributed by atoms with van der Waals surface area (Å²) in [4.78, 5) is 31.0. The lowest BCUT2D eigenvalue weighted by Crippen LogP contribution is -2.51. The fourth-order valence-electron chi connectivity index (χ4n) is 5.72. The predicted octanol–water partition coefficient (Wildman–Crippen LogP) is 5.02. The second-order valence-electron chi connectivity index (χ2n) is 10.4. The van der Waals surface area contributed by atoms with Crippen LogP contribution in [0.5, 0.6) is 5.75 Å². The number of fused-ring (bicyclic) bond motifs is 1. The van der Waals surface area contributed by atoms with Gasteiger partial charge in [-0.2, -0.15) is 0 Å². The molecule has 190 valence electrons. The quantitative estimate of drug-likeness (QED) is 0.487. The molecule has 0 N–H and O–H groups in total. The molecule has 7 heteroatoms. The van der Waals surface area contributed by atoms with Crippen LogP contribution in [0.25, 0.3) is 10.9 Å². The Morgan fingerprint density at radius 2 is 1.67 bits per heavy atom. The maximum atomic E-state index is 13.7. The molecular formula is C29H34FN3O3. The third-order valence-corrected chi connectivity index (χ3v) is 7.67. The van der Waals surface area contributed by atoms with Crippen LogP contribution in [0.4, 0.5) is 4.39 Å². The molecule has 1 aromatic heterocycles. The highest BCUT2D eigenvalue weighted by Crippen LogP contribution is 2.37. The molecule has 6 nitrogen and oxygen atoms in total. The van der Waals surface area contributed by atoms with Crippen LogP contribution in [0.1, 0.15) is 48.9 Å². The van der Waals surface area contributed by atoms with Crippen molar-refractivity contribution in [1.29, 1.82) is 0 Å². The number of hydrogen-bond acceptors (Lipinski definition) is 3. The summed E-state index contributed by atoms with van der Waals surface area (Å²) >= 11 is 0. The fraction of sp³-hybridized carbons (Fsp3) is 0.448. The van der Waals surface area contributed by atoms with Gasteiger partial charge in [0.2, 0.25) is 5.91 Å². The highest BCUT2D eigenvalue weighted by Gasteiger charge is 2.41. The van der Waals surface area contributed by atoms with Gasteiger partial charge in [0.25, 0.3) is 5.91 Å². The second-order valence-corrected chi connectivity index (χ2v) is 10.4. The average molecular weight is 492 g/mol. The summed E-state index contributed by atoms with van der Waals surface area (Å²) in [5, 5.41) is 0.938. The molecular weight excluding hydrogens is 457 g/mol. The van der Waals surface area contributed by atoms with E-state index in [2.05, 4.69) is 0 Å². The molecule has 2 aliphatic rings. The lowest BCUT2D eigenvalue weighted by Gasteiger charge is -2.43. The SMILES string of the molecule is Cn1cc(C(=O)N2CCC[C@@](COc3ccc(F)cc3)(CC(=O)N3CCCCC3)C2)c2ccccc21. The van der Waals surface area contributed by atoms with Crippen molar-refractivity contribution >= 4 is 22.7 Å². The van der Waals surface area contributed by atoms with E-state index in [-0.39, 0.29) is 17.6 Å². The Morgan fingerprint density at radius 1 is 0.944 bits per heavy atom. The standard InChI is InChI=1S/C29H34FN3O3/c1-31-19-25(24-8-3-4-9-26(24)31)28(35)33-17-7-14-29(20-33,18-27(34)32-15-5-2-6-16-32)21-36-23-12-10-22(30)11-13-23/h3-4,8-13,19H,2,5-7,14-18,20-21H2,1H3/t29-/m1/s1. The normalized spacial score (nSPS) is 20.5. The van der Waals surface area contributed by atoms with Gasteiger partial charge in [0.05, 0.1) is 12.2 Å². The molecule has 3 aromatic rings. The molecule has 0 bridgehead atoms. The van der Waals surface area contributed by atoms with Gasteiger partial charge in [-0.3, -0.25) is 9.59 Å². The van der Waals surface area contributed by atoms with E-state index >= 15 is 0 Å². The Balaban J connectivity index is 1.39. The Bertz CT molecular complexity index is 1230. The smallest absolute Gasteiger partial charge is 0.256 e. The molecule has 5 rings (SSSR count). The largest absolute Gasteiger partial charge is 0.493 e. The minimum Gasteiger partial charge on any atom is -0.493 e. The van der Waals surface area contributed by atoms with Crippen LogP contribution < -0.4 is 4.74 Å². The predicted molar refractivity (Wildman–Crippen MR) is 137 cm³/mol. The van der Waals surface area contributed by atoms with Crippen LogP contribution in [0, 0.1) is 11.2 Å². The zero-order chi connectivity index (χ0) is 25.1. The van der Waals surface area contributed by atoms with Crippen LogP contribution in [0.15, 0.2) is 54.7 Å². The van der Waals surface area contributed by atoms with Gasteiger partial charge in [0, 0.05) is 62.2 Å². The number of hydrogen-bond donors (Lipinski definition) is 0. The van der Waals surface area contributed by atoms with E-state index in [9.17, 15) is 14.0 Å². The summed E-state index contributed by atoms with van der Waals surface area (Å²) in [5.41, 5.74) is 1.20. The highest BCUT2D eigenvalue weighted by atomic mass is 19.1. The minimum atomic E-state index is -0.499. The second kappa shape index (κ2) is 10.3. The molecule has 0 spiro atoms. The monoisotopic (exact) mass is 491 g/mol. The van der Waals surface area contributed by atoms with E-state index in [4.69, 9.17) is 4.74 Å². The summed E-state index contributed by atoms with van der Waals surface area (Å²) in [6.45, 7) is 3.00. The molecule has 36 heavy (non-hydrogen) atoms. The first-order chi connectivity index (χ1) is 17.4. The van der Waals surface area contributed by atoms with Crippen molar-refractivity contribution in [3.05, 3.63) is 66.1 Å². The van der Waals surface area contributed by atoms with Crippen LogP contribution in [0.2, 0.25) is 0 Å². The maximum absolute atomic E-state index is 13.7. The summed E-state index contributed by atoms with van der Waals surface area (Å²) in [6.07, 6.45) is 7.08. The molecule has 2 aromatic carbocycles. The van der Waals surface area contributed by atoms with Crippen LogP contribution in [-0.2, 0) is 11.8 Å². The first-order valence-corrected chi connectivity index (χ1v) is 12.9. The van der Waals surface area contributed by atoms with Crippen molar-refractivity contribution < 1.29 is 18.7 Å². The number of halogens is 1. The molecule has 2 aliphatic heterocycles. The Hall–Kier alpha value is -3.35. The van der Waals surface area contributed by atoms with E-state index in [0.717, 1.165) is 56.1 Å². The van der Waals surface area contributed by atoms with Crippen molar-refractivity contribution in [2.75, 3.05) is 32.8 Å². The van der Waals surface area contributed by atoms with Crippen LogP contribution in [-0.4, -0.2) is 59.0 Å². The number of rotatable bonds is 6. The number of aromatic nitrogens is 1. The average Bonchev–Trinajstić information content (AvgIpc) is 3.25.